The standard InChI is InChI=1S/C14H8BrF3N2/c15-13-5-4-11(7-12(13)14(16,17)18)20-10-3-1-2-9(6-10)8-19/h1-7,20H. The van der Waals surface area contributed by atoms with Crippen molar-refractivity contribution in [2.75, 3.05) is 5.32 Å². The molecule has 0 amide bonds. The number of benzene rings is 2. The van der Waals surface area contributed by atoms with Gasteiger partial charge in [-0.15, -0.1) is 0 Å². The van der Waals surface area contributed by atoms with Gasteiger partial charge in [-0.25, -0.2) is 0 Å². The summed E-state index contributed by atoms with van der Waals surface area (Å²) in [5.41, 5.74) is 0.539. The molecule has 0 heterocycles. The number of hydrogen-bond donors (Lipinski definition) is 1. The van der Waals surface area contributed by atoms with E-state index in [1.165, 1.54) is 12.1 Å². The Morgan fingerprint density at radius 3 is 2.40 bits per heavy atom. The van der Waals surface area contributed by atoms with Gasteiger partial charge < -0.3 is 5.32 Å². The fourth-order valence-corrected chi connectivity index (χ4v) is 2.12. The van der Waals surface area contributed by atoms with Crippen molar-refractivity contribution in [1.29, 1.82) is 5.26 Å². The predicted octanol–water partition coefficient (Wildman–Crippen LogP) is 5.08. The highest BCUT2D eigenvalue weighted by atomic mass is 79.9. The third-order valence-electron chi connectivity index (χ3n) is 2.55. The van der Waals surface area contributed by atoms with Crippen molar-refractivity contribution < 1.29 is 13.2 Å². The summed E-state index contributed by atoms with van der Waals surface area (Å²) >= 11 is 2.88. The first-order chi connectivity index (χ1) is 9.40. The van der Waals surface area contributed by atoms with Crippen LogP contribution in [0.4, 0.5) is 24.5 Å². The monoisotopic (exact) mass is 340 g/mol. The van der Waals surface area contributed by atoms with E-state index in [1.54, 1.807) is 24.3 Å². The smallest absolute Gasteiger partial charge is 0.355 e. The summed E-state index contributed by atoms with van der Waals surface area (Å²) in [6, 6.07) is 12.4. The first kappa shape index (κ1) is 14.4. The maximum atomic E-state index is 12.8. The fourth-order valence-electron chi connectivity index (χ4n) is 1.65. The van der Waals surface area contributed by atoms with Crippen LogP contribution in [0.3, 0.4) is 0 Å². The second kappa shape index (κ2) is 5.55. The largest absolute Gasteiger partial charge is 0.417 e. The number of rotatable bonds is 2. The molecule has 102 valence electrons. The minimum absolute atomic E-state index is 0.0127. The highest BCUT2D eigenvalue weighted by Crippen LogP contribution is 2.36. The summed E-state index contributed by atoms with van der Waals surface area (Å²) in [5.74, 6) is 0. The van der Waals surface area contributed by atoms with Gasteiger partial charge in [-0.1, -0.05) is 22.0 Å². The van der Waals surface area contributed by atoms with E-state index in [4.69, 9.17) is 5.26 Å². The molecule has 0 fully saturated rings. The van der Waals surface area contributed by atoms with Crippen molar-refractivity contribution >= 4 is 27.3 Å². The van der Waals surface area contributed by atoms with Gasteiger partial charge in [0.15, 0.2) is 0 Å². The van der Waals surface area contributed by atoms with E-state index in [2.05, 4.69) is 21.2 Å². The SMILES string of the molecule is N#Cc1cccc(Nc2ccc(Br)c(C(F)(F)F)c2)c1. The van der Waals surface area contributed by atoms with E-state index in [-0.39, 0.29) is 4.47 Å². The zero-order chi connectivity index (χ0) is 14.8. The molecule has 0 aliphatic carbocycles. The molecule has 0 unspecified atom stereocenters. The van der Waals surface area contributed by atoms with Crippen molar-refractivity contribution in [3.05, 3.63) is 58.1 Å². The molecule has 0 radical (unpaired) electrons. The van der Waals surface area contributed by atoms with E-state index in [9.17, 15) is 13.2 Å². The predicted molar refractivity (Wildman–Crippen MR) is 73.6 cm³/mol. The van der Waals surface area contributed by atoms with Crippen LogP contribution in [0.2, 0.25) is 0 Å². The van der Waals surface area contributed by atoms with Gasteiger partial charge in [0.1, 0.15) is 0 Å². The van der Waals surface area contributed by atoms with Gasteiger partial charge in [0.25, 0.3) is 0 Å². The maximum absolute atomic E-state index is 12.8. The molecule has 0 aliphatic rings. The quantitative estimate of drug-likeness (QED) is 0.827. The Morgan fingerprint density at radius 1 is 1.05 bits per heavy atom. The number of nitrogens with zero attached hydrogens (tertiary/aromatic N) is 1. The minimum atomic E-state index is -4.43. The molecule has 0 spiro atoms. The third kappa shape index (κ3) is 3.31. The number of hydrogen-bond acceptors (Lipinski definition) is 2. The molecule has 2 aromatic rings. The first-order valence-electron chi connectivity index (χ1n) is 5.54. The van der Waals surface area contributed by atoms with Crippen LogP contribution in [0.25, 0.3) is 0 Å². The van der Waals surface area contributed by atoms with Crippen LogP contribution in [-0.2, 0) is 6.18 Å². The summed E-state index contributed by atoms with van der Waals surface area (Å²) in [6.07, 6.45) is -4.43. The molecule has 0 aliphatic heterocycles. The number of halogens is 4. The number of alkyl halides is 3. The van der Waals surface area contributed by atoms with Crippen LogP contribution in [0.1, 0.15) is 11.1 Å². The van der Waals surface area contributed by atoms with E-state index in [0.717, 1.165) is 6.07 Å². The van der Waals surface area contributed by atoms with Crippen molar-refractivity contribution in [3.63, 3.8) is 0 Å². The highest BCUT2D eigenvalue weighted by Gasteiger charge is 2.33. The van der Waals surface area contributed by atoms with Gasteiger partial charge in [-0.3, -0.25) is 0 Å². The molecule has 0 atom stereocenters. The molecular formula is C14H8BrF3N2. The Labute approximate surface area is 122 Å². The van der Waals surface area contributed by atoms with Crippen LogP contribution in [0.5, 0.6) is 0 Å². The molecule has 0 saturated carbocycles. The van der Waals surface area contributed by atoms with Crippen LogP contribution in [0.15, 0.2) is 46.9 Å². The van der Waals surface area contributed by atoms with Gasteiger partial charge >= 0.3 is 6.18 Å². The van der Waals surface area contributed by atoms with Crippen molar-refractivity contribution in [2.45, 2.75) is 6.18 Å². The van der Waals surface area contributed by atoms with Crippen LogP contribution in [-0.4, -0.2) is 0 Å². The Bertz CT molecular complexity index is 675. The van der Waals surface area contributed by atoms with Crippen molar-refractivity contribution in [1.82, 2.24) is 0 Å². The minimum Gasteiger partial charge on any atom is -0.355 e. The highest BCUT2D eigenvalue weighted by molar-refractivity contribution is 9.10. The summed E-state index contributed by atoms with van der Waals surface area (Å²) in [4.78, 5) is 0. The lowest BCUT2D eigenvalue weighted by atomic mass is 10.1. The lowest BCUT2D eigenvalue weighted by Crippen LogP contribution is -2.06. The van der Waals surface area contributed by atoms with E-state index >= 15 is 0 Å². The third-order valence-corrected chi connectivity index (χ3v) is 3.24. The average molecular weight is 341 g/mol. The molecule has 6 heteroatoms. The molecular weight excluding hydrogens is 333 g/mol. The summed E-state index contributed by atoms with van der Waals surface area (Å²) in [6.45, 7) is 0. The second-order valence-electron chi connectivity index (χ2n) is 4.01. The van der Waals surface area contributed by atoms with Gasteiger partial charge in [-0.2, -0.15) is 18.4 Å². The van der Waals surface area contributed by atoms with E-state index < -0.39 is 11.7 Å². The van der Waals surface area contributed by atoms with E-state index in [1.807, 2.05) is 6.07 Å². The van der Waals surface area contributed by atoms with Crippen LogP contribution in [0, 0.1) is 11.3 Å². The lowest BCUT2D eigenvalue weighted by molar-refractivity contribution is -0.138. The Kier molecular flexibility index (Phi) is 4.00. The van der Waals surface area contributed by atoms with Crippen LogP contribution >= 0.6 is 15.9 Å². The topological polar surface area (TPSA) is 35.8 Å². The molecule has 20 heavy (non-hydrogen) atoms. The molecule has 2 aromatic carbocycles. The summed E-state index contributed by atoms with van der Waals surface area (Å²) in [5, 5.41) is 11.6. The number of nitrogens with one attached hydrogen (secondary N) is 1. The second-order valence-corrected chi connectivity index (χ2v) is 4.86. The molecule has 1 N–H and O–H groups in total. The Hall–Kier alpha value is -2.00. The van der Waals surface area contributed by atoms with Gasteiger partial charge in [-0.05, 0) is 36.4 Å². The number of nitriles is 1. The lowest BCUT2D eigenvalue weighted by Gasteiger charge is -2.12. The Balaban J connectivity index is 2.33. The average Bonchev–Trinajstić information content (AvgIpc) is 2.40. The summed E-state index contributed by atoms with van der Waals surface area (Å²) in [7, 11) is 0. The van der Waals surface area contributed by atoms with E-state index in [0.29, 0.717) is 16.9 Å². The van der Waals surface area contributed by atoms with Crippen LogP contribution < -0.4 is 5.32 Å². The molecule has 0 aromatic heterocycles. The molecule has 2 nitrogen and oxygen atoms in total. The Morgan fingerprint density at radius 2 is 1.75 bits per heavy atom. The normalized spacial score (nSPS) is 10.9. The first-order valence-corrected chi connectivity index (χ1v) is 6.33. The van der Waals surface area contributed by atoms with Gasteiger partial charge in [0.2, 0.25) is 0 Å². The van der Waals surface area contributed by atoms with Gasteiger partial charge in [0.05, 0.1) is 17.2 Å². The zero-order valence-electron chi connectivity index (χ0n) is 10.0. The van der Waals surface area contributed by atoms with Crippen molar-refractivity contribution in [3.8, 4) is 6.07 Å². The molecule has 0 bridgehead atoms. The number of anilines is 2. The van der Waals surface area contributed by atoms with Gasteiger partial charge in [0, 0.05) is 15.8 Å². The zero-order valence-corrected chi connectivity index (χ0v) is 11.6. The van der Waals surface area contributed by atoms with Crippen molar-refractivity contribution in [2.24, 2.45) is 0 Å². The fraction of sp³-hybridized carbons (Fsp3) is 0.0714. The summed E-state index contributed by atoms with van der Waals surface area (Å²) < 4.78 is 38.3. The maximum Gasteiger partial charge on any atom is 0.417 e. The molecule has 0 saturated heterocycles. The molecule has 2 rings (SSSR count).